The Morgan fingerprint density at radius 1 is 1.32 bits per heavy atom. The quantitative estimate of drug-likeness (QED) is 0.295. The molecular weight excluding hydrogens is 354 g/mol. The van der Waals surface area contributed by atoms with Crippen LogP contribution in [0.15, 0.2) is 12.2 Å². The second-order valence-corrected chi connectivity index (χ2v) is 9.11. The fourth-order valence-electron chi connectivity index (χ4n) is 4.66. The first-order valence-electron chi connectivity index (χ1n) is 11.2. The number of hydrogen-bond donors (Lipinski definition) is 1. The van der Waals surface area contributed by atoms with Crippen molar-refractivity contribution >= 4 is 11.8 Å². The van der Waals surface area contributed by atoms with Gasteiger partial charge in [0.25, 0.3) is 0 Å². The van der Waals surface area contributed by atoms with Gasteiger partial charge in [0.1, 0.15) is 0 Å². The molecule has 1 aliphatic heterocycles. The molecule has 158 valence electrons. The Balaban J connectivity index is 1.33. The average Bonchev–Trinajstić information content (AvgIpc) is 3.62. The number of carbonyl (C=O) groups is 2. The number of aliphatic hydroxyl groups is 1. The molecule has 2 saturated carbocycles. The van der Waals surface area contributed by atoms with Gasteiger partial charge in [-0.05, 0) is 69.2 Å². The Kier molecular flexibility index (Phi) is 7.69. The lowest BCUT2D eigenvalue weighted by Crippen LogP contribution is -2.34. The van der Waals surface area contributed by atoms with Gasteiger partial charge in [-0.1, -0.05) is 25.0 Å². The normalized spacial score (nSPS) is 25.4. The highest BCUT2D eigenvalue weighted by atomic mass is 16.5. The van der Waals surface area contributed by atoms with E-state index >= 15 is 0 Å². The standard InChI is InChI=1S/C23H37NO4/c1-28-22(27)9-5-3-2-4-7-19-20(25)12-16-24(19)15-6-8-21(26)23(13-14-23)17-18-10-11-18/h2,4,18-19,21,26H,3,5-17H2,1H3. The predicted octanol–water partition coefficient (Wildman–Crippen LogP) is 3.64. The number of unbranched alkanes of at least 4 members (excludes halogenated alkanes) is 1. The zero-order valence-electron chi connectivity index (χ0n) is 17.4. The molecule has 2 aliphatic carbocycles. The molecule has 0 aromatic carbocycles. The molecular formula is C23H37NO4. The van der Waals surface area contributed by atoms with Gasteiger partial charge in [0, 0.05) is 19.4 Å². The van der Waals surface area contributed by atoms with Gasteiger partial charge in [-0.2, -0.15) is 0 Å². The Labute approximate surface area is 169 Å². The van der Waals surface area contributed by atoms with E-state index in [0.717, 1.165) is 51.1 Å². The lowest BCUT2D eigenvalue weighted by Gasteiger charge is -2.25. The number of methoxy groups -OCH3 is 1. The van der Waals surface area contributed by atoms with Crippen LogP contribution in [0.5, 0.6) is 0 Å². The van der Waals surface area contributed by atoms with Crippen LogP contribution in [-0.4, -0.2) is 54.1 Å². The number of Topliss-reactive ketones (excluding diaryl/α,β-unsaturated/α-hetero) is 1. The van der Waals surface area contributed by atoms with Gasteiger partial charge in [0.05, 0.1) is 19.3 Å². The van der Waals surface area contributed by atoms with E-state index < -0.39 is 0 Å². The summed E-state index contributed by atoms with van der Waals surface area (Å²) in [5.41, 5.74) is 0.244. The monoisotopic (exact) mass is 391 g/mol. The lowest BCUT2D eigenvalue weighted by molar-refractivity contribution is -0.140. The van der Waals surface area contributed by atoms with Crippen LogP contribution in [0.4, 0.5) is 0 Å². The number of nitrogens with zero attached hydrogens (tertiary/aromatic N) is 1. The maximum Gasteiger partial charge on any atom is 0.305 e. The van der Waals surface area contributed by atoms with E-state index in [1.165, 1.54) is 39.2 Å². The Bertz CT molecular complexity index is 565. The summed E-state index contributed by atoms with van der Waals surface area (Å²) >= 11 is 0. The molecule has 0 bridgehead atoms. The van der Waals surface area contributed by atoms with Crippen LogP contribution in [0.25, 0.3) is 0 Å². The fraction of sp³-hybridized carbons (Fsp3) is 0.826. The second-order valence-electron chi connectivity index (χ2n) is 9.11. The number of ether oxygens (including phenoxy) is 1. The van der Waals surface area contributed by atoms with Gasteiger partial charge >= 0.3 is 5.97 Å². The van der Waals surface area contributed by atoms with Crippen LogP contribution in [0.1, 0.15) is 77.0 Å². The summed E-state index contributed by atoms with van der Waals surface area (Å²) in [6, 6.07) is -0.00431. The third-order valence-corrected chi connectivity index (χ3v) is 6.88. The van der Waals surface area contributed by atoms with E-state index in [0.29, 0.717) is 18.6 Å². The number of ketones is 1. The van der Waals surface area contributed by atoms with Crippen molar-refractivity contribution in [3.8, 4) is 0 Å². The smallest absolute Gasteiger partial charge is 0.305 e. The largest absolute Gasteiger partial charge is 0.469 e. The molecule has 0 spiro atoms. The van der Waals surface area contributed by atoms with Crippen molar-refractivity contribution in [2.75, 3.05) is 20.2 Å². The van der Waals surface area contributed by atoms with Crippen molar-refractivity contribution in [2.24, 2.45) is 11.3 Å². The van der Waals surface area contributed by atoms with Crippen molar-refractivity contribution in [1.82, 2.24) is 4.90 Å². The number of esters is 1. The highest BCUT2D eigenvalue weighted by molar-refractivity contribution is 5.86. The van der Waals surface area contributed by atoms with Crippen LogP contribution in [-0.2, 0) is 14.3 Å². The predicted molar refractivity (Wildman–Crippen MR) is 109 cm³/mol. The lowest BCUT2D eigenvalue weighted by atomic mass is 9.89. The van der Waals surface area contributed by atoms with Crippen molar-refractivity contribution in [3.05, 3.63) is 12.2 Å². The van der Waals surface area contributed by atoms with Gasteiger partial charge in [-0.15, -0.1) is 0 Å². The number of likely N-dealkylation sites (tertiary alicyclic amines) is 1. The van der Waals surface area contributed by atoms with Gasteiger partial charge in [0.2, 0.25) is 0 Å². The summed E-state index contributed by atoms with van der Waals surface area (Å²) in [6.07, 6.45) is 15.7. The molecule has 3 rings (SSSR count). The number of carbonyl (C=O) groups excluding carboxylic acids is 2. The molecule has 1 saturated heterocycles. The zero-order chi connectivity index (χ0) is 20.0. The molecule has 0 radical (unpaired) electrons. The van der Waals surface area contributed by atoms with E-state index in [1.807, 2.05) is 0 Å². The maximum absolute atomic E-state index is 12.2. The topological polar surface area (TPSA) is 66.8 Å². The van der Waals surface area contributed by atoms with Gasteiger partial charge in [0.15, 0.2) is 5.78 Å². The summed E-state index contributed by atoms with van der Waals surface area (Å²) in [5, 5.41) is 10.7. The third kappa shape index (κ3) is 6.15. The van der Waals surface area contributed by atoms with Crippen molar-refractivity contribution in [1.29, 1.82) is 0 Å². The average molecular weight is 392 g/mol. The molecule has 0 aromatic rings. The summed E-state index contributed by atoms with van der Waals surface area (Å²) in [7, 11) is 1.41. The third-order valence-electron chi connectivity index (χ3n) is 6.88. The Hall–Kier alpha value is -1.20. The molecule has 1 N–H and O–H groups in total. The van der Waals surface area contributed by atoms with Crippen LogP contribution in [0, 0.1) is 11.3 Å². The van der Waals surface area contributed by atoms with Crippen molar-refractivity contribution in [2.45, 2.75) is 89.2 Å². The first kappa shape index (κ1) is 21.5. The van der Waals surface area contributed by atoms with Crippen LogP contribution in [0.2, 0.25) is 0 Å². The van der Waals surface area contributed by atoms with E-state index in [4.69, 9.17) is 0 Å². The van der Waals surface area contributed by atoms with E-state index in [9.17, 15) is 14.7 Å². The van der Waals surface area contributed by atoms with Crippen molar-refractivity contribution < 1.29 is 19.4 Å². The van der Waals surface area contributed by atoms with Crippen LogP contribution in [0.3, 0.4) is 0 Å². The SMILES string of the molecule is COC(=O)CCCC=CCC1C(=O)CCN1CCCC(O)C1(CC2CC2)CC1. The van der Waals surface area contributed by atoms with Crippen LogP contribution >= 0.6 is 0 Å². The second kappa shape index (κ2) is 10.0. The van der Waals surface area contributed by atoms with E-state index in [1.54, 1.807) is 0 Å². The molecule has 28 heavy (non-hydrogen) atoms. The minimum atomic E-state index is -0.169. The number of hydrogen-bond acceptors (Lipinski definition) is 5. The molecule has 2 unspecified atom stereocenters. The number of allylic oxidation sites excluding steroid dienone is 1. The van der Waals surface area contributed by atoms with Crippen LogP contribution < -0.4 is 0 Å². The maximum atomic E-state index is 12.2. The first-order chi connectivity index (χ1) is 13.5. The van der Waals surface area contributed by atoms with Gasteiger partial charge < -0.3 is 9.84 Å². The highest BCUT2D eigenvalue weighted by Crippen LogP contribution is 2.57. The molecule has 5 nitrogen and oxygen atoms in total. The molecule has 0 amide bonds. The summed E-state index contributed by atoms with van der Waals surface area (Å²) in [6.45, 7) is 1.76. The molecule has 2 atom stereocenters. The minimum Gasteiger partial charge on any atom is -0.469 e. The number of rotatable bonds is 13. The van der Waals surface area contributed by atoms with Gasteiger partial charge in [-0.25, -0.2) is 0 Å². The molecule has 3 fully saturated rings. The van der Waals surface area contributed by atoms with E-state index in [-0.39, 0.29) is 23.5 Å². The summed E-state index contributed by atoms with van der Waals surface area (Å²) in [5.74, 6) is 1.06. The fourth-order valence-corrected chi connectivity index (χ4v) is 4.66. The minimum absolute atomic E-state index is 0.00431. The zero-order valence-corrected chi connectivity index (χ0v) is 17.4. The molecule has 1 heterocycles. The molecule has 3 aliphatic rings. The Morgan fingerprint density at radius 2 is 2.11 bits per heavy atom. The molecule has 5 heteroatoms. The van der Waals surface area contributed by atoms with E-state index in [2.05, 4.69) is 21.8 Å². The van der Waals surface area contributed by atoms with Gasteiger partial charge in [-0.3, -0.25) is 14.5 Å². The molecule has 0 aromatic heterocycles. The Morgan fingerprint density at radius 3 is 2.79 bits per heavy atom. The number of aliphatic hydroxyl groups excluding tert-OH is 1. The van der Waals surface area contributed by atoms with Crippen molar-refractivity contribution in [3.63, 3.8) is 0 Å². The summed E-state index contributed by atoms with van der Waals surface area (Å²) < 4.78 is 4.63. The highest BCUT2D eigenvalue weighted by Gasteiger charge is 2.50. The first-order valence-corrected chi connectivity index (χ1v) is 11.2. The summed E-state index contributed by atoms with van der Waals surface area (Å²) in [4.78, 5) is 25.6.